The number of rotatable bonds is 8. The Morgan fingerprint density at radius 1 is 0.956 bits per heavy atom. The molecule has 0 saturated heterocycles. The molecule has 0 aliphatic carbocycles. The van der Waals surface area contributed by atoms with E-state index in [1.54, 1.807) is 0 Å². The van der Waals surface area contributed by atoms with Gasteiger partial charge in [0.15, 0.2) is 5.78 Å². The molecule has 3 aromatic carbocycles. The number of aromatic nitrogens is 2. The van der Waals surface area contributed by atoms with Crippen molar-refractivity contribution in [1.29, 1.82) is 0 Å². The summed E-state index contributed by atoms with van der Waals surface area (Å²) in [5, 5.41) is 17.1. The fraction of sp³-hybridized carbons (Fsp3) is 0.400. The smallest absolute Gasteiger partial charge is 0.162 e. The van der Waals surface area contributed by atoms with E-state index in [9.17, 15) is 9.90 Å². The van der Waals surface area contributed by atoms with Gasteiger partial charge in [0.2, 0.25) is 0 Å². The quantitative estimate of drug-likeness (QED) is 0.0550. The monoisotopic (exact) mass is 780 g/mol. The van der Waals surface area contributed by atoms with E-state index in [0.29, 0.717) is 0 Å². The van der Waals surface area contributed by atoms with Crippen molar-refractivity contribution >= 4 is 54.7 Å². The summed E-state index contributed by atoms with van der Waals surface area (Å²) in [7, 11) is 0. The van der Waals surface area contributed by atoms with Gasteiger partial charge in [0.05, 0.1) is 5.76 Å². The van der Waals surface area contributed by atoms with E-state index in [1.807, 2.05) is 33.9 Å². The summed E-state index contributed by atoms with van der Waals surface area (Å²) in [5.74, 6) is 0.547. The van der Waals surface area contributed by atoms with Crippen LogP contribution in [0.15, 0.2) is 66.7 Å². The maximum Gasteiger partial charge on any atom is 0.162 e. The number of ketones is 1. The molecule has 0 aliphatic rings. The van der Waals surface area contributed by atoms with Crippen molar-refractivity contribution < 1.29 is 30.0 Å². The molecule has 1 N–H and O–H groups in total. The second-order valence-electron chi connectivity index (χ2n) is 13.6. The molecule has 0 spiro atoms. The molecule has 0 saturated carbocycles. The van der Waals surface area contributed by atoms with Gasteiger partial charge >= 0.3 is 0 Å². The number of allylic oxidation sites excluding steroid dienone is 2. The molecule has 0 aliphatic heterocycles. The van der Waals surface area contributed by atoms with Crippen LogP contribution in [0, 0.1) is 30.2 Å². The van der Waals surface area contributed by atoms with Gasteiger partial charge in [0.25, 0.3) is 0 Å². The molecule has 6 rings (SSSR count). The second kappa shape index (κ2) is 14.0. The fourth-order valence-corrected chi connectivity index (χ4v) is 6.78. The molecule has 45 heavy (non-hydrogen) atoms. The third-order valence-electron chi connectivity index (χ3n) is 9.13. The Morgan fingerprint density at radius 3 is 2.27 bits per heavy atom. The van der Waals surface area contributed by atoms with E-state index < -0.39 is 0 Å². The summed E-state index contributed by atoms with van der Waals surface area (Å²) >= 11 is 0. The van der Waals surface area contributed by atoms with Crippen LogP contribution in [0.1, 0.15) is 85.3 Å². The van der Waals surface area contributed by atoms with Gasteiger partial charge in [-0.25, -0.2) is 0 Å². The number of hydrogen-bond donors (Lipinski definition) is 1. The van der Waals surface area contributed by atoms with Gasteiger partial charge in [-0.05, 0) is 77.9 Å². The van der Waals surface area contributed by atoms with Crippen molar-refractivity contribution in [2.75, 3.05) is 0 Å². The Kier molecular flexibility index (Phi) is 10.8. The molecule has 3 heterocycles. The van der Waals surface area contributed by atoms with Crippen molar-refractivity contribution in [3.8, 4) is 0 Å². The summed E-state index contributed by atoms with van der Waals surface area (Å²) < 4.78 is 2.38. The average Bonchev–Trinajstić information content (AvgIpc) is 3.34. The average molecular weight is 780 g/mol. The maximum atomic E-state index is 11.7. The Labute approximate surface area is 281 Å². The first kappa shape index (κ1) is 34.6. The number of aryl methyl sites for hydroxylation is 1. The maximum absolute atomic E-state index is 11.7. The minimum Gasteiger partial charge on any atom is -0.512 e. The first-order valence-electron chi connectivity index (χ1n) is 16.3. The Balaban J connectivity index is 0.000000249. The number of aliphatic hydroxyl groups excluding tert-OH is 1. The fourth-order valence-electron chi connectivity index (χ4n) is 6.78. The number of nitrogens with zero attached hydrogens (tertiary/aromatic N) is 2. The number of aliphatic hydroxyl groups is 1. The number of hydrogen-bond acceptors (Lipinski definition) is 3. The van der Waals surface area contributed by atoms with E-state index in [-0.39, 0.29) is 48.9 Å². The molecule has 4 nitrogen and oxygen atoms in total. The van der Waals surface area contributed by atoms with E-state index in [2.05, 4.69) is 86.8 Å². The van der Waals surface area contributed by atoms with E-state index in [0.717, 1.165) is 48.4 Å². The Hall–Kier alpha value is -3.27. The molecule has 239 valence electrons. The molecule has 6 aromatic rings. The molecule has 0 atom stereocenters. The van der Waals surface area contributed by atoms with Gasteiger partial charge in [0.1, 0.15) is 0 Å². The van der Waals surface area contributed by atoms with Crippen LogP contribution in [-0.2, 0) is 31.3 Å². The first-order valence-corrected chi connectivity index (χ1v) is 16.3. The van der Waals surface area contributed by atoms with Crippen LogP contribution in [0.4, 0.5) is 0 Å². The second-order valence-corrected chi connectivity index (χ2v) is 13.6. The van der Waals surface area contributed by atoms with Crippen molar-refractivity contribution in [3.63, 3.8) is 0 Å². The van der Waals surface area contributed by atoms with Crippen molar-refractivity contribution in [2.24, 2.45) is 17.3 Å². The van der Waals surface area contributed by atoms with Crippen molar-refractivity contribution in [2.45, 2.75) is 87.5 Å². The Bertz CT molecular complexity index is 1970. The van der Waals surface area contributed by atoms with Gasteiger partial charge in [-0.3, -0.25) is 9.78 Å². The summed E-state index contributed by atoms with van der Waals surface area (Å²) in [6.07, 6.45) is 10.2. The minimum absolute atomic E-state index is 0. The van der Waals surface area contributed by atoms with E-state index in [4.69, 9.17) is 4.98 Å². The first-order chi connectivity index (χ1) is 21.0. The van der Waals surface area contributed by atoms with Crippen molar-refractivity contribution in [3.05, 3.63) is 83.9 Å². The van der Waals surface area contributed by atoms with Gasteiger partial charge < -0.3 is 9.51 Å². The van der Waals surface area contributed by atoms with E-state index >= 15 is 0 Å². The van der Waals surface area contributed by atoms with Crippen LogP contribution in [0.2, 0.25) is 0 Å². The van der Waals surface area contributed by atoms with Crippen LogP contribution in [0.5, 0.6) is 0 Å². The van der Waals surface area contributed by atoms with Crippen LogP contribution in [0.3, 0.4) is 0 Å². The topological polar surface area (TPSA) is 54.6 Å². The molecule has 1 radical (unpaired) electrons. The molecule has 5 heteroatoms. The summed E-state index contributed by atoms with van der Waals surface area (Å²) in [6, 6.07) is 19.0. The number of carbonyl (C=O) groups is 1. The van der Waals surface area contributed by atoms with E-state index in [1.165, 1.54) is 49.8 Å². The third kappa shape index (κ3) is 6.81. The number of pyridine rings is 2. The minimum atomic E-state index is 0. The third-order valence-corrected chi connectivity index (χ3v) is 9.13. The molecular weight excluding hydrogens is 733 g/mol. The van der Waals surface area contributed by atoms with Crippen LogP contribution < -0.4 is 0 Å². The molecular formula is C40H47IrN2O2-. The molecule has 0 amide bonds. The Morgan fingerprint density at radius 2 is 1.62 bits per heavy atom. The number of carbonyl (C=O) groups excluding carboxylic acids is 1. The zero-order valence-electron chi connectivity index (χ0n) is 28.0. The largest absolute Gasteiger partial charge is 0.512 e. The number of benzene rings is 3. The van der Waals surface area contributed by atoms with Gasteiger partial charge in [-0.1, -0.05) is 89.6 Å². The van der Waals surface area contributed by atoms with Gasteiger partial charge in [-0.2, -0.15) is 0 Å². The summed E-state index contributed by atoms with van der Waals surface area (Å²) in [6.45, 7) is 17.3. The predicted octanol–water partition coefficient (Wildman–Crippen LogP) is 10.9. The number of fused-ring (bicyclic) bond motifs is 4. The zero-order chi connectivity index (χ0) is 31.8. The zero-order valence-corrected chi connectivity index (χ0v) is 30.4. The van der Waals surface area contributed by atoms with Gasteiger partial charge in [-0.15, -0.1) is 17.5 Å². The van der Waals surface area contributed by atoms with Crippen molar-refractivity contribution in [1.82, 2.24) is 9.38 Å². The molecule has 0 unspecified atom stereocenters. The molecule has 3 aromatic heterocycles. The summed E-state index contributed by atoms with van der Waals surface area (Å²) in [4.78, 5) is 16.6. The molecule has 0 fully saturated rings. The normalized spacial score (nSPS) is 12.5. The van der Waals surface area contributed by atoms with Crippen LogP contribution in [-0.4, -0.2) is 20.3 Å². The van der Waals surface area contributed by atoms with Gasteiger partial charge in [0, 0.05) is 66.8 Å². The predicted molar refractivity (Wildman–Crippen MR) is 187 cm³/mol. The van der Waals surface area contributed by atoms with Crippen LogP contribution in [0.25, 0.3) is 48.9 Å². The molecule has 0 bridgehead atoms. The summed E-state index contributed by atoms with van der Waals surface area (Å²) in [5.41, 5.74) is 6.54. The van der Waals surface area contributed by atoms with Crippen LogP contribution >= 0.6 is 0 Å². The SMILES string of the molecule is CCC(CC)C(=O)/C=C(\O)C(CC)CC.Cc1cn2c3cc4ccccc4[c-]c3c3nccc4cc(CC(C)(C)C)c1c2c43.[Ir]. The standard InChI is InChI=1S/C27H23N2.C13H24O2.Ir/c1-16-15-29-22-13-18-8-6-5-7-17(18)12-21(22)25-24-19(9-10-28-25)11-20(14-27(2,3)4)23(16)26(24)29;1-5-10(6-2)12(14)9-13(15)11(7-3)8-4;/h5-11,13,15H,14H2,1-4H3;9-11,14H,5-8H2,1-4H3;/q-1;;/b;12-9-;.